The lowest BCUT2D eigenvalue weighted by Crippen LogP contribution is -2.47. The Balaban J connectivity index is 1.93. The van der Waals surface area contributed by atoms with Gasteiger partial charge >= 0.3 is 12.2 Å². The van der Waals surface area contributed by atoms with Gasteiger partial charge in [0.1, 0.15) is 0 Å². The van der Waals surface area contributed by atoms with Crippen LogP contribution in [-0.4, -0.2) is 43.8 Å². The molecule has 120 valence electrons. The average molecular weight is 379 g/mol. The lowest BCUT2D eigenvalue weighted by atomic mass is 10.1. The molecule has 0 aromatic heterocycles. The third kappa shape index (κ3) is 2.81. The van der Waals surface area contributed by atoms with E-state index in [0.717, 1.165) is 17.7 Å². The van der Waals surface area contributed by atoms with Crippen molar-refractivity contribution in [2.45, 2.75) is 12.6 Å². The first-order valence-corrected chi connectivity index (χ1v) is 7.71. The second kappa shape index (κ2) is 5.73. The second-order valence-electron chi connectivity index (χ2n) is 5.24. The SMILES string of the molecule is O=C(N1CCOCC1)N1CCc2c(Br)cc(C(F)(F)F)cc21. The molecule has 0 bridgehead atoms. The molecule has 0 N–H and O–H groups in total. The van der Waals surface area contributed by atoms with E-state index in [0.29, 0.717) is 49.4 Å². The van der Waals surface area contributed by atoms with Crippen LogP contribution < -0.4 is 4.90 Å². The zero-order chi connectivity index (χ0) is 15.9. The number of amides is 2. The van der Waals surface area contributed by atoms with E-state index in [4.69, 9.17) is 4.74 Å². The van der Waals surface area contributed by atoms with Crippen LogP contribution in [0.2, 0.25) is 0 Å². The molecule has 0 radical (unpaired) electrons. The Morgan fingerprint density at radius 2 is 1.86 bits per heavy atom. The molecular weight excluding hydrogens is 365 g/mol. The van der Waals surface area contributed by atoms with Gasteiger partial charge in [0, 0.05) is 24.1 Å². The molecule has 1 aromatic rings. The van der Waals surface area contributed by atoms with Gasteiger partial charge in [-0.25, -0.2) is 4.79 Å². The van der Waals surface area contributed by atoms with Gasteiger partial charge in [0.25, 0.3) is 0 Å². The minimum absolute atomic E-state index is 0.256. The number of urea groups is 1. The lowest BCUT2D eigenvalue weighted by molar-refractivity contribution is -0.137. The van der Waals surface area contributed by atoms with Crippen molar-refractivity contribution in [3.05, 3.63) is 27.7 Å². The zero-order valence-corrected chi connectivity index (χ0v) is 13.2. The summed E-state index contributed by atoms with van der Waals surface area (Å²) in [5.41, 5.74) is 0.340. The molecule has 2 amide bonds. The molecule has 8 heteroatoms. The quantitative estimate of drug-likeness (QED) is 0.693. The van der Waals surface area contributed by atoms with E-state index in [-0.39, 0.29) is 6.03 Å². The predicted molar refractivity (Wildman–Crippen MR) is 78.0 cm³/mol. The third-order valence-corrected chi connectivity index (χ3v) is 4.60. The largest absolute Gasteiger partial charge is 0.416 e. The van der Waals surface area contributed by atoms with Crippen molar-refractivity contribution in [1.29, 1.82) is 0 Å². The van der Waals surface area contributed by atoms with Crippen LogP contribution in [-0.2, 0) is 17.3 Å². The first kappa shape index (κ1) is 15.6. The Kier molecular flexibility index (Phi) is 4.07. The molecule has 0 saturated carbocycles. The van der Waals surface area contributed by atoms with E-state index in [1.54, 1.807) is 4.90 Å². The Hall–Kier alpha value is -1.28. The van der Waals surface area contributed by atoms with Crippen LogP contribution >= 0.6 is 15.9 Å². The fraction of sp³-hybridized carbons (Fsp3) is 0.500. The maximum atomic E-state index is 13.0. The maximum Gasteiger partial charge on any atom is 0.416 e. The van der Waals surface area contributed by atoms with Gasteiger partial charge in [0.15, 0.2) is 0 Å². The van der Waals surface area contributed by atoms with Gasteiger partial charge < -0.3 is 9.64 Å². The lowest BCUT2D eigenvalue weighted by Gasteiger charge is -2.31. The number of carbonyl (C=O) groups is 1. The molecule has 22 heavy (non-hydrogen) atoms. The summed E-state index contributed by atoms with van der Waals surface area (Å²) in [6.07, 6.45) is -3.89. The summed E-state index contributed by atoms with van der Waals surface area (Å²) in [5, 5.41) is 0. The molecule has 0 atom stereocenters. The number of benzene rings is 1. The molecule has 2 aliphatic heterocycles. The molecule has 2 aliphatic rings. The number of fused-ring (bicyclic) bond motifs is 1. The highest BCUT2D eigenvalue weighted by atomic mass is 79.9. The van der Waals surface area contributed by atoms with Gasteiger partial charge in [-0.3, -0.25) is 4.90 Å². The van der Waals surface area contributed by atoms with Crippen LogP contribution in [0.5, 0.6) is 0 Å². The summed E-state index contributed by atoms with van der Waals surface area (Å²) in [4.78, 5) is 15.6. The van der Waals surface area contributed by atoms with Crippen molar-refractivity contribution in [3.63, 3.8) is 0 Å². The molecule has 3 rings (SSSR count). The number of hydrogen-bond acceptors (Lipinski definition) is 2. The summed E-state index contributed by atoms with van der Waals surface area (Å²) >= 11 is 3.19. The van der Waals surface area contributed by atoms with Gasteiger partial charge in [-0.05, 0) is 24.1 Å². The van der Waals surface area contributed by atoms with Crippen LogP contribution in [0.1, 0.15) is 11.1 Å². The number of alkyl halides is 3. The van der Waals surface area contributed by atoms with Crippen molar-refractivity contribution >= 4 is 27.6 Å². The molecule has 0 aliphatic carbocycles. The van der Waals surface area contributed by atoms with Gasteiger partial charge in [0.2, 0.25) is 0 Å². The summed E-state index contributed by atoms with van der Waals surface area (Å²) in [5.74, 6) is 0. The zero-order valence-electron chi connectivity index (χ0n) is 11.6. The average Bonchev–Trinajstić information content (AvgIpc) is 2.91. The van der Waals surface area contributed by atoms with E-state index in [9.17, 15) is 18.0 Å². The van der Waals surface area contributed by atoms with Crippen LogP contribution in [0.4, 0.5) is 23.7 Å². The van der Waals surface area contributed by atoms with Crippen molar-refractivity contribution in [1.82, 2.24) is 4.90 Å². The van der Waals surface area contributed by atoms with Crippen LogP contribution in [0.3, 0.4) is 0 Å². The van der Waals surface area contributed by atoms with Crippen molar-refractivity contribution < 1.29 is 22.7 Å². The highest BCUT2D eigenvalue weighted by molar-refractivity contribution is 9.10. The van der Waals surface area contributed by atoms with Crippen LogP contribution in [0, 0.1) is 0 Å². The molecule has 2 heterocycles. The Morgan fingerprint density at radius 3 is 2.50 bits per heavy atom. The summed E-state index contributed by atoms with van der Waals surface area (Å²) in [6, 6.07) is 1.88. The highest BCUT2D eigenvalue weighted by Gasteiger charge is 2.36. The van der Waals surface area contributed by atoms with Crippen LogP contribution in [0.25, 0.3) is 0 Å². The molecule has 1 aromatic carbocycles. The fourth-order valence-corrected chi connectivity index (χ4v) is 3.39. The second-order valence-corrected chi connectivity index (χ2v) is 6.09. The molecule has 1 saturated heterocycles. The molecule has 4 nitrogen and oxygen atoms in total. The standard InChI is InChI=1S/C14H14BrF3N2O2/c15-11-7-9(14(16,17)18)8-12-10(11)1-2-20(12)13(21)19-3-5-22-6-4-19/h7-8H,1-6H2. The van der Waals surface area contributed by atoms with Crippen molar-refractivity contribution in [2.75, 3.05) is 37.7 Å². The first-order chi connectivity index (χ1) is 10.4. The number of rotatable bonds is 0. The normalized spacial score (nSPS) is 18.5. The maximum absolute atomic E-state index is 13.0. The van der Waals surface area contributed by atoms with Crippen molar-refractivity contribution in [3.8, 4) is 0 Å². The number of nitrogens with zero attached hydrogens (tertiary/aromatic N) is 2. The number of halogens is 4. The number of hydrogen-bond donors (Lipinski definition) is 0. The van der Waals surface area contributed by atoms with Crippen LogP contribution in [0.15, 0.2) is 16.6 Å². The Morgan fingerprint density at radius 1 is 1.18 bits per heavy atom. The smallest absolute Gasteiger partial charge is 0.378 e. The van der Waals surface area contributed by atoms with E-state index >= 15 is 0 Å². The molecule has 0 unspecified atom stereocenters. The Labute approximate surface area is 133 Å². The highest BCUT2D eigenvalue weighted by Crippen LogP contribution is 2.40. The van der Waals surface area contributed by atoms with E-state index < -0.39 is 11.7 Å². The first-order valence-electron chi connectivity index (χ1n) is 6.92. The number of morpholine rings is 1. The monoisotopic (exact) mass is 378 g/mol. The predicted octanol–water partition coefficient (Wildman–Crippen LogP) is 3.28. The van der Waals surface area contributed by atoms with Gasteiger partial charge in [-0.15, -0.1) is 0 Å². The van der Waals surface area contributed by atoms with Gasteiger partial charge in [-0.1, -0.05) is 15.9 Å². The van der Waals surface area contributed by atoms with Gasteiger partial charge in [0.05, 0.1) is 24.5 Å². The summed E-state index contributed by atoms with van der Waals surface area (Å²) in [7, 11) is 0. The van der Waals surface area contributed by atoms with Gasteiger partial charge in [-0.2, -0.15) is 13.2 Å². The fourth-order valence-electron chi connectivity index (χ4n) is 2.74. The number of anilines is 1. The minimum atomic E-state index is -4.44. The topological polar surface area (TPSA) is 32.8 Å². The third-order valence-electron chi connectivity index (χ3n) is 3.89. The molecular formula is C14H14BrF3N2O2. The van der Waals surface area contributed by atoms with E-state index in [1.807, 2.05) is 0 Å². The molecule has 0 spiro atoms. The van der Waals surface area contributed by atoms with E-state index in [1.165, 1.54) is 4.90 Å². The number of carbonyl (C=O) groups excluding carboxylic acids is 1. The van der Waals surface area contributed by atoms with E-state index in [2.05, 4.69) is 15.9 Å². The summed E-state index contributed by atoms with van der Waals surface area (Å²) in [6.45, 7) is 2.23. The minimum Gasteiger partial charge on any atom is -0.378 e. The van der Waals surface area contributed by atoms with Crippen molar-refractivity contribution in [2.24, 2.45) is 0 Å². The number of ether oxygens (including phenoxy) is 1. The molecule has 1 fully saturated rings. The summed E-state index contributed by atoms with van der Waals surface area (Å²) < 4.78 is 44.5. The Bertz CT molecular complexity index is 600.